The summed E-state index contributed by atoms with van der Waals surface area (Å²) in [6.07, 6.45) is 48.7. The molecular formula is C73H127N7O13. The molecule has 3 heterocycles. The Balaban J connectivity index is 1.48. The van der Waals surface area contributed by atoms with Gasteiger partial charge in [-0.15, -0.1) is 0 Å². The molecule has 1 aliphatic rings. The van der Waals surface area contributed by atoms with Crippen molar-refractivity contribution in [2.75, 3.05) is 71.4 Å². The molecule has 6 N–H and O–H groups in total. The number of aromatic nitrogens is 4. The highest BCUT2D eigenvalue weighted by Crippen LogP contribution is 2.30. The number of aromatic amines is 2. The number of nitrogens with zero attached hydrogens (tertiary/aromatic N) is 4. The first kappa shape index (κ1) is 82.1. The Bertz CT molecular complexity index is 2400. The summed E-state index contributed by atoms with van der Waals surface area (Å²) in [5, 5.41) is 21.7. The number of anilines is 1. The maximum atomic E-state index is 13.0. The third kappa shape index (κ3) is 40.1. The van der Waals surface area contributed by atoms with Crippen LogP contribution in [0.4, 0.5) is 5.95 Å². The number of fused-ring (bicyclic) bond motifs is 1. The van der Waals surface area contributed by atoms with Gasteiger partial charge in [0.15, 0.2) is 17.4 Å². The maximum Gasteiger partial charge on any atom is 0.330 e. The first-order chi connectivity index (χ1) is 45.4. The average Bonchev–Trinajstić information content (AvgIpc) is 1.62. The number of allylic oxidation sites excluding steroid dienone is 3. The van der Waals surface area contributed by atoms with Gasteiger partial charge in [0.2, 0.25) is 5.95 Å². The average molecular weight is 1310 g/mol. The summed E-state index contributed by atoms with van der Waals surface area (Å²) in [6, 6.07) is 0. The summed E-state index contributed by atoms with van der Waals surface area (Å²) in [5.74, 6) is -1.04. The Hall–Kier alpha value is -5.15. The Morgan fingerprint density at radius 1 is 0.462 bits per heavy atom. The highest BCUT2D eigenvalue weighted by molar-refractivity contribution is 5.71. The van der Waals surface area contributed by atoms with Crippen molar-refractivity contribution in [3.63, 3.8) is 0 Å². The highest BCUT2D eigenvalue weighted by Gasteiger charge is 2.46. The van der Waals surface area contributed by atoms with E-state index in [0.29, 0.717) is 45.5 Å². The van der Waals surface area contributed by atoms with Gasteiger partial charge in [-0.25, -0.2) is 9.36 Å². The van der Waals surface area contributed by atoms with Crippen LogP contribution in [-0.4, -0.2) is 147 Å². The van der Waals surface area contributed by atoms with Crippen molar-refractivity contribution >= 4 is 41.0 Å². The molecular weight excluding hydrogens is 1180 g/mol. The van der Waals surface area contributed by atoms with Crippen LogP contribution in [0.2, 0.25) is 0 Å². The van der Waals surface area contributed by atoms with E-state index in [9.17, 15) is 39.0 Å². The first-order valence-corrected chi connectivity index (χ1v) is 36.9. The van der Waals surface area contributed by atoms with Crippen LogP contribution in [-0.2, 0) is 42.9 Å². The smallest absolute Gasteiger partial charge is 0.330 e. The van der Waals surface area contributed by atoms with Crippen LogP contribution in [0.1, 0.15) is 290 Å². The summed E-state index contributed by atoms with van der Waals surface area (Å²) in [7, 11) is 0. The van der Waals surface area contributed by atoms with Gasteiger partial charge in [0.05, 0.1) is 0 Å². The minimum atomic E-state index is -1.58. The number of ether oxygens (including phenoxy) is 5. The summed E-state index contributed by atoms with van der Waals surface area (Å²) in [4.78, 5) is 89.1. The standard InChI is InChI=1S/C73H127N7O13/c1-4-7-10-13-22-31-43-57-89-62(81)47-35-25-16-19-28-39-51-78(52-40-29-20-17-26-36-48-63(82)90-58-44-32-23-14-11-8-5-2)55-46-56-79(53-41-30-21-18-27-37-49-64(83)91-59-45-33-24-15-12-9-6-3)54-42-34-38-50-65(84)92-60-61-67(85)68(86)71(93-61)80-69-66(75-73(80)88)70(87)77-72(74)76-69/h31-33,43-45,61,67-68,71,85-86H,4-30,34-42,46-60H2,1-3H3,(H,75,88)(H3,74,76,77,87)/b43-31-,44-32-,45-33-/t61-,67?,68?,71-/m0/s1. The number of aliphatic hydroxyl groups excluding tert-OH is 2. The van der Waals surface area contributed by atoms with Crippen LogP contribution in [0.15, 0.2) is 46.0 Å². The minimum absolute atomic E-state index is 0.107. The maximum absolute atomic E-state index is 13.0. The fourth-order valence-corrected chi connectivity index (χ4v) is 11.8. The van der Waals surface area contributed by atoms with Gasteiger partial charge in [-0.1, -0.05) is 198 Å². The van der Waals surface area contributed by atoms with Crippen molar-refractivity contribution in [1.82, 2.24) is 29.3 Å². The Kier molecular flexibility index (Phi) is 48.6. The van der Waals surface area contributed by atoms with E-state index in [0.717, 1.165) is 198 Å². The van der Waals surface area contributed by atoms with E-state index in [-0.39, 0.29) is 48.0 Å². The fourth-order valence-electron chi connectivity index (χ4n) is 11.8. The van der Waals surface area contributed by atoms with Gasteiger partial charge >= 0.3 is 29.6 Å². The number of nitrogen functional groups attached to an aromatic ring is 1. The van der Waals surface area contributed by atoms with E-state index < -0.39 is 41.8 Å². The molecule has 20 heteroatoms. The van der Waals surface area contributed by atoms with Crippen molar-refractivity contribution in [2.24, 2.45) is 0 Å². The number of aliphatic hydroxyl groups is 2. The van der Waals surface area contributed by atoms with E-state index in [1.807, 2.05) is 18.2 Å². The van der Waals surface area contributed by atoms with Crippen LogP contribution in [0.3, 0.4) is 0 Å². The van der Waals surface area contributed by atoms with Crippen LogP contribution in [0.5, 0.6) is 0 Å². The second-order valence-electron chi connectivity index (χ2n) is 25.7. The number of hydrogen-bond acceptors (Lipinski definition) is 17. The van der Waals surface area contributed by atoms with Crippen molar-refractivity contribution in [3.05, 3.63) is 57.3 Å². The van der Waals surface area contributed by atoms with Gasteiger partial charge in [-0.05, 0) is 136 Å². The normalized spacial score (nSPS) is 15.9. The predicted octanol–water partition coefficient (Wildman–Crippen LogP) is 14.1. The number of nitrogens with one attached hydrogen (secondary N) is 2. The van der Waals surface area contributed by atoms with Gasteiger partial charge in [0, 0.05) is 25.7 Å². The molecule has 20 nitrogen and oxygen atoms in total. The molecule has 2 unspecified atom stereocenters. The topological polar surface area (TPSA) is 271 Å². The van der Waals surface area contributed by atoms with Gasteiger partial charge < -0.3 is 49.4 Å². The minimum Gasteiger partial charge on any atom is -0.463 e. The lowest BCUT2D eigenvalue weighted by molar-refractivity contribution is -0.150. The molecule has 3 rings (SSSR count). The zero-order valence-electron chi connectivity index (χ0n) is 58.1. The molecule has 1 aliphatic heterocycles. The number of unbranched alkanes of at least 4 members (excludes halogenated alkanes) is 29. The van der Waals surface area contributed by atoms with Crippen molar-refractivity contribution < 1.29 is 53.1 Å². The Labute approximate surface area is 558 Å². The highest BCUT2D eigenvalue weighted by atomic mass is 16.6. The molecule has 0 saturated carbocycles. The zero-order valence-corrected chi connectivity index (χ0v) is 58.1. The molecule has 1 saturated heterocycles. The predicted molar refractivity (Wildman–Crippen MR) is 372 cm³/mol. The first-order valence-electron chi connectivity index (χ1n) is 36.9. The van der Waals surface area contributed by atoms with Gasteiger partial charge in [-0.2, -0.15) is 4.98 Å². The summed E-state index contributed by atoms with van der Waals surface area (Å²) in [5.41, 5.74) is 3.94. The number of esters is 4. The Morgan fingerprint density at radius 3 is 1.20 bits per heavy atom. The van der Waals surface area contributed by atoms with Crippen LogP contribution in [0, 0.1) is 0 Å². The number of nitrogens with two attached hydrogens (primary N) is 1. The second-order valence-corrected chi connectivity index (χ2v) is 25.7. The number of imidazole rings is 1. The summed E-state index contributed by atoms with van der Waals surface area (Å²) in [6.45, 7) is 13.4. The van der Waals surface area contributed by atoms with Crippen molar-refractivity contribution in [3.8, 4) is 0 Å². The molecule has 0 aromatic carbocycles. The molecule has 0 radical (unpaired) electrons. The molecule has 0 amide bonds. The third-order valence-electron chi connectivity index (χ3n) is 17.4. The Morgan fingerprint density at radius 2 is 0.806 bits per heavy atom. The number of carbonyl (C=O) groups is 4. The summed E-state index contributed by atoms with van der Waals surface area (Å²) < 4.78 is 28.5. The molecule has 532 valence electrons. The lowest BCUT2D eigenvalue weighted by atomic mass is 10.1. The number of H-pyrrole nitrogens is 2. The lowest BCUT2D eigenvalue weighted by Gasteiger charge is -2.26. The fraction of sp³-hybridized carbons (Fsp3) is 0.795. The molecule has 1 fully saturated rings. The second kappa shape index (κ2) is 55.0. The largest absolute Gasteiger partial charge is 0.463 e. The van der Waals surface area contributed by atoms with E-state index in [1.165, 1.54) is 77.0 Å². The monoisotopic (exact) mass is 1310 g/mol. The molecule has 0 aliphatic carbocycles. The SMILES string of the molecule is CCCCCC/C=C\COC(=O)CCCCCCCCN(CCCCCCCCC(=O)OC/C=C\CCCCCC)CCCN(CCCCCCCCC(=O)OC/C=C\CCCCCC)CCCCCC(=O)OC[C@@H]1O[C@H](n2c(=O)[nH]c3c(=O)[nH]c(N)nc32)C(O)C1O. The van der Waals surface area contributed by atoms with E-state index >= 15 is 0 Å². The van der Waals surface area contributed by atoms with Gasteiger partial charge in [0.25, 0.3) is 5.56 Å². The van der Waals surface area contributed by atoms with Crippen molar-refractivity contribution in [2.45, 2.75) is 309 Å². The van der Waals surface area contributed by atoms with Gasteiger partial charge in [0.1, 0.15) is 44.7 Å². The van der Waals surface area contributed by atoms with E-state index in [2.05, 4.69) is 63.8 Å². The van der Waals surface area contributed by atoms with E-state index in [4.69, 9.17) is 29.4 Å². The number of hydrogen-bond donors (Lipinski definition) is 5. The van der Waals surface area contributed by atoms with Crippen LogP contribution < -0.4 is 17.0 Å². The van der Waals surface area contributed by atoms with Crippen LogP contribution in [0.25, 0.3) is 11.2 Å². The zero-order chi connectivity index (χ0) is 67.2. The lowest BCUT2D eigenvalue weighted by Crippen LogP contribution is -2.35. The molecule has 2 aromatic heterocycles. The third-order valence-corrected chi connectivity index (χ3v) is 17.4. The molecule has 93 heavy (non-hydrogen) atoms. The molecule has 4 atom stereocenters. The quantitative estimate of drug-likeness (QED) is 0.0178. The van der Waals surface area contributed by atoms with Crippen molar-refractivity contribution in [1.29, 1.82) is 0 Å². The molecule has 2 aromatic rings. The van der Waals surface area contributed by atoms with Crippen LogP contribution >= 0.6 is 0 Å². The molecule has 0 spiro atoms. The molecule has 0 bridgehead atoms. The number of carbonyl (C=O) groups excluding carboxylic acids is 4. The summed E-state index contributed by atoms with van der Waals surface area (Å²) >= 11 is 0. The van der Waals surface area contributed by atoms with E-state index in [1.54, 1.807) is 0 Å². The number of rotatable bonds is 61. The van der Waals surface area contributed by atoms with Gasteiger partial charge in [-0.3, -0.25) is 33.9 Å².